The summed E-state index contributed by atoms with van der Waals surface area (Å²) in [4.78, 5) is 22.8. The summed E-state index contributed by atoms with van der Waals surface area (Å²) < 4.78 is 0. The molecule has 108 valence electrons. The fourth-order valence-electron chi connectivity index (χ4n) is 1.76. The van der Waals surface area contributed by atoms with Crippen LogP contribution >= 0.6 is 0 Å². The topological polar surface area (TPSA) is 70.6 Å². The van der Waals surface area contributed by atoms with Gasteiger partial charge < -0.3 is 5.32 Å². The predicted octanol–water partition coefficient (Wildman–Crippen LogP) is 2.80. The van der Waals surface area contributed by atoms with Gasteiger partial charge in [-0.25, -0.2) is 5.43 Å². The van der Waals surface area contributed by atoms with E-state index in [4.69, 9.17) is 0 Å². The van der Waals surface area contributed by atoms with E-state index in [-0.39, 0.29) is 11.8 Å². The van der Waals surface area contributed by atoms with Gasteiger partial charge in [0.1, 0.15) is 0 Å². The molecule has 0 spiro atoms. The lowest BCUT2D eigenvalue weighted by Gasteiger charge is -2.06. The molecule has 0 radical (unpaired) electrons. The lowest BCUT2D eigenvalue weighted by Crippen LogP contribution is -2.19. The number of nitrogens with one attached hydrogen (secondary N) is 2. The third-order valence-corrected chi connectivity index (χ3v) is 2.52. The number of amides is 2. The molecule has 0 unspecified atom stereocenters. The van der Waals surface area contributed by atoms with Crippen molar-refractivity contribution in [2.75, 3.05) is 5.32 Å². The van der Waals surface area contributed by atoms with Gasteiger partial charge in [0.25, 0.3) is 5.91 Å². The van der Waals surface area contributed by atoms with E-state index in [0.717, 1.165) is 12.1 Å². The van der Waals surface area contributed by atoms with Crippen LogP contribution in [0.2, 0.25) is 0 Å². The molecule has 5 heteroatoms. The number of anilines is 1. The first-order chi connectivity index (χ1) is 9.38. The van der Waals surface area contributed by atoms with Gasteiger partial charge >= 0.3 is 0 Å². The fourth-order valence-corrected chi connectivity index (χ4v) is 1.76. The standard InChI is InChI=1S/C15H21N3O2/c1-10(2)9-11(3)17-18-15(20)13-5-7-14(8-6-13)16-12(4)19/h5-8,10H,9H2,1-4H3,(H,16,19)(H,18,20)/b17-11+. The normalized spacial score (nSPS) is 11.3. The van der Waals surface area contributed by atoms with Crippen LogP contribution in [-0.4, -0.2) is 17.5 Å². The second-order valence-corrected chi connectivity index (χ2v) is 5.14. The molecular formula is C15H21N3O2. The maximum Gasteiger partial charge on any atom is 0.271 e. The summed E-state index contributed by atoms with van der Waals surface area (Å²) in [5, 5.41) is 6.70. The van der Waals surface area contributed by atoms with Crippen molar-refractivity contribution in [3.8, 4) is 0 Å². The molecule has 20 heavy (non-hydrogen) atoms. The quantitative estimate of drug-likeness (QED) is 0.640. The molecule has 5 nitrogen and oxygen atoms in total. The highest BCUT2D eigenvalue weighted by Gasteiger charge is 2.05. The van der Waals surface area contributed by atoms with Crippen molar-refractivity contribution in [2.45, 2.75) is 34.1 Å². The maximum atomic E-state index is 11.9. The third-order valence-electron chi connectivity index (χ3n) is 2.52. The first kappa shape index (κ1) is 15.9. The molecule has 1 rings (SSSR count). The summed E-state index contributed by atoms with van der Waals surface area (Å²) in [6, 6.07) is 6.66. The van der Waals surface area contributed by atoms with Crippen molar-refractivity contribution < 1.29 is 9.59 Å². The fraction of sp³-hybridized carbons (Fsp3) is 0.400. The monoisotopic (exact) mass is 275 g/mol. The van der Waals surface area contributed by atoms with E-state index in [9.17, 15) is 9.59 Å². The molecule has 0 atom stereocenters. The summed E-state index contributed by atoms with van der Waals surface area (Å²) >= 11 is 0. The van der Waals surface area contributed by atoms with Gasteiger partial charge in [0.15, 0.2) is 0 Å². The molecule has 0 aromatic heterocycles. The predicted molar refractivity (Wildman–Crippen MR) is 80.8 cm³/mol. The number of hydrogen-bond acceptors (Lipinski definition) is 3. The van der Waals surface area contributed by atoms with E-state index in [1.54, 1.807) is 24.3 Å². The highest BCUT2D eigenvalue weighted by Crippen LogP contribution is 2.09. The van der Waals surface area contributed by atoms with E-state index in [1.165, 1.54) is 6.92 Å². The van der Waals surface area contributed by atoms with E-state index in [0.29, 0.717) is 17.2 Å². The van der Waals surface area contributed by atoms with Crippen LogP contribution < -0.4 is 10.7 Å². The Morgan fingerprint density at radius 2 is 1.75 bits per heavy atom. The number of nitrogens with zero attached hydrogens (tertiary/aromatic N) is 1. The number of hydrazone groups is 1. The smallest absolute Gasteiger partial charge is 0.271 e. The summed E-state index contributed by atoms with van der Waals surface area (Å²) in [6.45, 7) is 7.52. The van der Waals surface area contributed by atoms with Crippen LogP contribution in [0.25, 0.3) is 0 Å². The zero-order valence-electron chi connectivity index (χ0n) is 12.4. The van der Waals surface area contributed by atoms with Gasteiger partial charge in [-0.2, -0.15) is 5.10 Å². The minimum absolute atomic E-state index is 0.142. The van der Waals surface area contributed by atoms with Crippen LogP contribution in [0.15, 0.2) is 29.4 Å². The van der Waals surface area contributed by atoms with Crippen molar-refractivity contribution >= 4 is 23.2 Å². The molecule has 0 aliphatic rings. The van der Waals surface area contributed by atoms with E-state index < -0.39 is 0 Å². The van der Waals surface area contributed by atoms with E-state index in [2.05, 4.69) is 29.7 Å². The third kappa shape index (κ3) is 5.65. The Labute approximate surface area is 119 Å². The van der Waals surface area contributed by atoms with Crippen molar-refractivity contribution in [3.63, 3.8) is 0 Å². The zero-order valence-corrected chi connectivity index (χ0v) is 12.4. The van der Waals surface area contributed by atoms with Gasteiger partial charge in [0.05, 0.1) is 0 Å². The van der Waals surface area contributed by atoms with Crippen molar-refractivity contribution in [2.24, 2.45) is 11.0 Å². The number of carbonyl (C=O) groups is 2. The molecule has 0 saturated heterocycles. The summed E-state index contributed by atoms with van der Waals surface area (Å²) in [6.07, 6.45) is 0.849. The van der Waals surface area contributed by atoms with Crippen LogP contribution in [0.5, 0.6) is 0 Å². The minimum Gasteiger partial charge on any atom is -0.326 e. The van der Waals surface area contributed by atoms with Crippen LogP contribution in [0.4, 0.5) is 5.69 Å². The van der Waals surface area contributed by atoms with Crippen LogP contribution in [0, 0.1) is 5.92 Å². The number of hydrogen-bond donors (Lipinski definition) is 2. The second kappa shape index (κ2) is 7.43. The Morgan fingerprint density at radius 3 is 2.25 bits per heavy atom. The Morgan fingerprint density at radius 1 is 1.15 bits per heavy atom. The summed E-state index contributed by atoms with van der Waals surface area (Å²) in [7, 11) is 0. The van der Waals surface area contributed by atoms with Crippen molar-refractivity contribution in [1.29, 1.82) is 0 Å². The van der Waals surface area contributed by atoms with E-state index in [1.807, 2.05) is 6.92 Å². The second-order valence-electron chi connectivity index (χ2n) is 5.14. The first-order valence-electron chi connectivity index (χ1n) is 6.59. The number of carbonyl (C=O) groups excluding carboxylic acids is 2. The van der Waals surface area contributed by atoms with E-state index >= 15 is 0 Å². The summed E-state index contributed by atoms with van der Waals surface area (Å²) in [5.74, 6) is 0.103. The summed E-state index contributed by atoms with van der Waals surface area (Å²) in [5.41, 5.74) is 4.58. The van der Waals surface area contributed by atoms with Crippen LogP contribution in [0.3, 0.4) is 0 Å². The number of rotatable bonds is 5. The zero-order chi connectivity index (χ0) is 15.1. The average molecular weight is 275 g/mol. The molecular weight excluding hydrogens is 254 g/mol. The molecule has 2 amide bonds. The van der Waals surface area contributed by atoms with Gasteiger partial charge in [-0.15, -0.1) is 0 Å². The Kier molecular flexibility index (Phi) is 5.90. The maximum absolute atomic E-state index is 11.9. The van der Waals surface area contributed by atoms with Gasteiger partial charge in [-0.1, -0.05) is 13.8 Å². The van der Waals surface area contributed by atoms with Crippen molar-refractivity contribution in [3.05, 3.63) is 29.8 Å². The molecule has 0 fully saturated rings. The Bertz CT molecular complexity index is 504. The van der Waals surface area contributed by atoms with Gasteiger partial charge in [-0.05, 0) is 43.5 Å². The highest BCUT2D eigenvalue weighted by molar-refractivity contribution is 5.96. The lowest BCUT2D eigenvalue weighted by atomic mass is 10.1. The van der Waals surface area contributed by atoms with Gasteiger partial charge in [0, 0.05) is 23.9 Å². The van der Waals surface area contributed by atoms with Crippen LogP contribution in [0.1, 0.15) is 44.5 Å². The SMILES string of the molecule is CC(=O)Nc1ccc(C(=O)N/N=C(\C)CC(C)C)cc1. The largest absolute Gasteiger partial charge is 0.326 e. The van der Waals surface area contributed by atoms with Crippen LogP contribution in [-0.2, 0) is 4.79 Å². The molecule has 0 saturated carbocycles. The molecule has 1 aromatic carbocycles. The lowest BCUT2D eigenvalue weighted by molar-refractivity contribution is -0.114. The van der Waals surface area contributed by atoms with Gasteiger partial charge in [0.2, 0.25) is 5.91 Å². The Balaban J connectivity index is 2.62. The molecule has 0 aliphatic carbocycles. The molecule has 0 heterocycles. The highest BCUT2D eigenvalue weighted by atomic mass is 16.2. The molecule has 1 aromatic rings. The average Bonchev–Trinajstić information content (AvgIpc) is 2.35. The molecule has 0 aliphatic heterocycles. The number of benzene rings is 1. The molecule has 2 N–H and O–H groups in total. The van der Waals surface area contributed by atoms with Gasteiger partial charge in [-0.3, -0.25) is 9.59 Å². The Hall–Kier alpha value is -2.17. The van der Waals surface area contributed by atoms with Crippen molar-refractivity contribution in [1.82, 2.24) is 5.43 Å². The minimum atomic E-state index is -0.262. The first-order valence-corrected chi connectivity index (χ1v) is 6.59. The molecule has 0 bridgehead atoms.